The average Bonchev–Trinajstić information content (AvgIpc) is 2.48. The molecule has 0 aliphatic carbocycles. The van der Waals surface area contributed by atoms with Crippen molar-refractivity contribution in [3.05, 3.63) is 11.1 Å². The predicted molar refractivity (Wildman–Crippen MR) is 116 cm³/mol. The number of rotatable bonds is 3. The largest absolute Gasteiger partial charge is 0.289 e. The summed E-state index contributed by atoms with van der Waals surface area (Å²) in [7, 11) is 0. The van der Waals surface area contributed by atoms with Gasteiger partial charge in [-0.1, -0.05) is 108 Å². The molecule has 0 unspecified atom stereocenters. The van der Waals surface area contributed by atoms with Gasteiger partial charge in [0.15, 0.2) is 0 Å². The summed E-state index contributed by atoms with van der Waals surface area (Å²) in [6, 6.07) is 0. The van der Waals surface area contributed by atoms with E-state index in [2.05, 4.69) is 83.1 Å². The first kappa shape index (κ1) is 28.2. The number of hydrogen-bond acceptors (Lipinski definition) is 1. The smallest absolute Gasteiger partial charge is 0.0430 e. The summed E-state index contributed by atoms with van der Waals surface area (Å²) in [5, 5.41) is 0. The molecule has 0 saturated carbocycles. The van der Waals surface area contributed by atoms with Gasteiger partial charge in [-0.25, -0.2) is 0 Å². The highest BCUT2D eigenvalue weighted by atomic mass is 14.8. The Hall–Kier alpha value is -0.590. The third kappa shape index (κ3) is 13.8. The van der Waals surface area contributed by atoms with E-state index in [0.717, 1.165) is 6.54 Å². The summed E-state index contributed by atoms with van der Waals surface area (Å²) >= 11 is 0. The molecule has 146 valence electrons. The van der Waals surface area contributed by atoms with Crippen LogP contribution in [0, 0.1) is 17.8 Å². The first-order chi connectivity index (χ1) is 11.2. The maximum Gasteiger partial charge on any atom is 0.0430 e. The van der Waals surface area contributed by atoms with Crippen molar-refractivity contribution in [3.63, 3.8) is 0 Å². The van der Waals surface area contributed by atoms with E-state index < -0.39 is 0 Å². The SMILES string of the molecule is CC(C)C1=NCCC(C(C)C)=C1C(C)C.CCC.CCC.CCC. The van der Waals surface area contributed by atoms with Gasteiger partial charge >= 0.3 is 0 Å². The molecule has 1 aliphatic rings. The molecule has 0 amide bonds. The van der Waals surface area contributed by atoms with Crippen molar-refractivity contribution in [2.24, 2.45) is 22.7 Å². The summed E-state index contributed by atoms with van der Waals surface area (Å²) in [6.45, 7) is 27.5. The Morgan fingerprint density at radius 3 is 1.29 bits per heavy atom. The second-order valence-electron chi connectivity index (χ2n) is 7.54. The van der Waals surface area contributed by atoms with Crippen LogP contribution >= 0.6 is 0 Å². The molecule has 1 aliphatic heterocycles. The topological polar surface area (TPSA) is 12.4 Å². The van der Waals surface area contributed by atoms with E-state index in [1.807, 2.05) is 0 Å². The van der Waals surface area contributed by atoms with Gasteiger partial charge in [0.25, 0.3) is 0 Å². The first-order valence-corrected chi connectivity index (χ1v) is 10.5. The normalized spacial score (nSPS) is 13.5. The quantitative estimate of drug-likeness (QED) is 0.490. The molecular weight excluding hydrogens is 290 g/mol. The minimum absolute atomic E-state index is 0.566. The van der Waals surface area contributed by atoms with Crippen LogP contribution < -0.4 is 0 Å². The molecule has 0 aromatic heterocycles. The fourth-order valence-corrected chi connectivity index (χ4v) is 2.44. The van der Waals surface area contributed by atoms with Crippen LogP contribution in [-0.4, -0.2) is 12.3 Å². The van der Waals surface area contributed by atoms with Crippen LogP contribution in [0.1, 0.15) is 109 Å². The lowest BCUT2D eigenvalue weighted by atomic mass is 9.81. The Labute approximate surface area is 155 Å². The second kappa shape index (κ2) is 18.7. The first-order valence-electron chi connectivity index (χ1n) is 10.5. The van der Waals surface area contributed by atoms with Crippen LogP contribution in [0.2, 0.25) is 0 Å². The molecule has 0 aromatic carbocycles. The molecular formula is C23H49N. The van der Waals surface area contributed by atoms with Crippen LogP contribution in [0.5, 0.6) is 0 Å². The summed E-state index contributed by atoms with van der Waals surface area (Å²) < 4.78 is 0. The molecule has 0 bridgehead atoms. The zero-order chi connectivity index (χ0) is 19.7. The minimum Gasteiger partial charge on any atom is -0.289 e. The highest BCUT2D eigenvalue weighted by Crippen LogP contribution is 2.30. The molecule has 0 spiro atoms. The Balaban J connectivity index is -0.000000410. The zero-order valence-corrected chi connectivity index (χ0v) is 19.2. The third-order valence-electron chi connectivity index (χ3n) is 3.11. The number of nitrogens with zero attached hydrogens (tertiary/aromatic N) is 1. The molecule has 1 rings (SSSR count). The van der Waals surface area contributed by atoms with E-state index >= 15 is 0 Å². The maximum atomic E-state index is 4.72. The summed E-state index contributed by atoms with van der Waals surface area (Å²) in [6.07, 6.45) is 4.92. The highest BCUT2D eigenvalue weighted by Gasteiger charge is 2.23. The summed E-state index contributed by atoms with van der Waals surface area (Å²) in [5.74, 6) is 1.85. The summed E-state index contributed by atoms with van der Waals surface area (Å²) in [4.78, 5) is 4.72. The number of hydrogen-bond donors (Lipinski definition) is 0. The van der Waals surface area contributed by atoms with E-state index in [9.17, 15) is 0 Å². The van der Waals surface area contributed by atoms with Crippen LogP contribution in [0.15, 0.2) is 16.1 Å². The van der Waals surface area contributed by atoms with Crippen LogP contribution in [0.3, 0.4) is 0 Å². The van der Waals surface area contributed by atoms with E-state index in [0.29, 0.717) is 17.8 Å². The lowest BCUT2D eigenvalue weighted by Crippen LogP contribution is -2.23. The fourth-order valence-electron chi connectivity index (χ4n) is 2.44. The number of aliphatic imine (C=N–C) groups is 1. The Morgan fingerprint density at radius 2 is 1.04 bits per heavy atom. The van der Waals surface area contributed by atoms with Crippen molar-refractivity contribution in [2.75, 3.05) is 6.54 Å². The number of dihydropyridines is 1. The van der Waals surface area contributed by atoms with Gasteiger partial charge in [0.05, 0.1) is 0 Å². The molecule has 0 N–H and O–H groups in total. The van der Waals surface area contributed by atoms with Gasteiger partial charge in [0.2, 0.25) is 0 Å². The van der Waals surface area contributed by atoms with E-state index in [1.54, 1.807) is 11.1 Å². The molecule has 24 heavy (non-hydrogen) atoms. The van der Waals surface area contributed by atoms with Crippen molar-refractivity contribution < 1.29 is 0 Å². The van der Waals surface area contributed by atoms with E-state index in [4.69, 9.17) is 4.99 Å². The van der Waals surface area contributed by atoms with E-state index in [-0.39, 0.29) is 0 Å². The number of allylic oxidation sites excluding steroid dienone is 1. The maximum absolute atomic E-state index is 4.72. The molecule has 1 nitrogen and oxygen atoms in total. The van der Waals surface area contributed by atoms with Crippen molar-refractivity contribution in [1.82, 2.24) is 0 Å². The van der Waals surface area contributed by atoms with Gasteiger partial charge in [-0.2, -0.15) is 0 Å². The third-order valence-corrected chi connectivity index (χ3v) is 3.11. The lowest BCUT2D eigenvalue weighted by Gasteiger charge is -2.28. The molecule has 0 radical (unpaired) electrons. The van der Waals surface area contributed by atoms with Crippen molar-refractivity contribution >= 4 is 5.71 Å². The van der Waals surface area contributed by atoms with Crippen molar-refractivity contribution in [1.29, 1.82) is 0 Å². The monoisotopic (exact) mass is 339 g/mol. The summed E-state index contributed by atoms with van der Waals surface area (Å²) in [5.41, 5.74) is 4.55. The van der Waals surface area contributed by atoms with Gasteiger partial charge in [0, 0.05) is 12.3 Å². The molecule has 0 atom stereocenters. The van der Waals surface area contributed by atoms with Crippen molar-refractivity contribution in [3.8, 4) is 0 Å². The van der Waals surface area contributed by atoms with Gasteiger partial charge in [0.1, 0.15) is 0 Å². The molecule has 1 heterocycles. The molecule has 0 fully saturated rings. The molecule has 0 saturated heterocycles. The highest BCUT2D eigenvalue weighted by molar-refractivity contribution is 6.03. The fraction of sp³-hybridized carbons (Fsp3) is 0.870. The van der Waals surface area contributed by atoms with E-state index in [1.165, 1.54) is 31.4 Å². The van der Waals surface area contributed by atoms with Gasteiger partial charge in [-0.05, 0) is 29.7 Å². The Kier molecular flexibility index (Phi) is 22.0. The van der Waals surface area contributed by atoms with Gasteiger partial charge in [-0.15, -0.1) is 0 Å². The zero-order valence-electron chi connectivity index (χ0n) is 19.2. The Bertz CT molecular complexity index is 314. The molecule has 0 aromatic rings. The van der Waals surface area contributed by atoms with Crippen LogP contribution in [0.4, 0.5) is 0 Å². The minimum atomic E-state index is 0.566. The Morgan fingerprint density at radius 1 is 0.667 bits per heavy atom. The lowest BCUT2D eigenvalue weighted by molar-refractivity contribution is 0.650. The average molecular weight is 340 g/mol. The second-order valence-corrected chi connectivity index (χ2v) is 7.54. The van der Waals surface area contributed by atoms with Crippen LogP contribution in [-0.2, 0) is 0 Å². The molecule has 1 heteroatoms. The van der Waals surface area contributed by atoms with Crippen LogP contribution in [0.25, 0.3) is 0 Å². The predicted octanol–water partition coefficient (Wildman–Crippen LogP) is 8.34. The van der Waals surface area contributed by atoms with Crippen molar-refractivity contribution in [2.45, 2.75) is 109 Å². The standard InChI is InChI=1S/C14H25N.3C3H8/c1-9(2)12-7-8-15-14(11(5)6)13(12)10(3)4;3*1-3-2/h9-11H,7-8H2,1-6H3;3*3H2,1-2H3. The van der Waals surface area contributed by atoms with Gasteiger partial charge < -0.3 is 0 Å². The van der Waals surface area contributed by atoms with Gasteiger partial charge in [-0.3, -0.25) is 4.99 Å².